The van der Waals surface area contributed by atoms with Crippen molar-refractivity contribution in [2.45, 2.75) is 6.92 Å². The third-order valence-electron chi connectivity index (χ3n) is 2.80. The molecule has 0 radical (unpaired) electrons. The van der Waals surface area contributed by atoms with Gasteiger partial charge in [0.25, 0.3) is 5.91 Å². The molecule has 2 aromatic rings. The van der Waals surface area contributed by atoms with E-state index in [1.54, 1.807) is 25.1 Å². The number of nitrogens with two attached hydrogens (primary N) is 1. The zero-order chi connectivity index (χ0) is 15.4. The summed E-state index contributed by atoms with van der Waals surface area (Å²) in [6.07, 6.45) is 0. The van der Waals surface area contributed by atoms with E-state index in [9.17, 15) is 13.6 Å². The molecule has 0 aliphatic heterocycles. The SMILES string of the molecule is CCOc1ccccc1C(=O)Nc1c(N)ccc(F)c1F. The number of nitrogens with one attached hydrogen (secondary N) is 1. The van der Waals surface area contributed by atoms with Crippen LogP contribution in [-0.4, -0.2) is 12.5 Å². The highest BCUT2D eigenvalue weighted by atomic mass is 19.2. The molecule has 0 saturated carbocycles. The minimum absolute atomic E-state index is 0.0591. The zero-order valence-corrected chi connectivity index (χ0v) is 11.3. The Hall–Kier alpha value is -2.63. The Morgan fingerprint density at radius 3 is 2.67 bits per heavy atom. The number of anilines is 2. The van der Waals surface area contributed by atoms with Crippen LogP contribution >= 0.6 is 0 Å². The van der Waals surface area contributed by atoms with Crippen LogP contribution in [0.2, 0.25) is 0 Å². The first kappa shape index (κ1) is 14.8. The molecule has 2 aromatic carbocycles. The van der Waals surface area contributed by atoms with Crippen molar-refractivity contribution in [3.63, 3.8) is 0 Å². The number of carbonyl (C=O) groups is 1. The van der Waals surface area contributed by atoms with Gasteiger partial charge in [-0.05, 0) is 31.2 Å². The van der Waals surface area contributed by atoms with E-state index in [4.69, 9.17) is 10.5 Å². The number of hydrogen-bond donors (Lipinski definition) is 2. The van der Waals surface area contributed by atoms with E-state index in [1.165, 1.54) is 12.1 Å². The van der Waals surface area contributed by atoms with E-state index in [0.29, 0.717) is 12.4 Å². The molecule has 0 aliphatic rings. The zero-order valence-electron chi connectivity index (χ0n) is 11.3. The van der Waals surface area contributed by atoms with E-state index in [1.807, 2.05) is 0 Å². The lowest BCUT2D eigenvalue weighted by Crippen LogP contribution is -2.16. The standard InChI is InChI=1S/C15H14F2N2O2/c1-2-21-12-6-4-3-5-9(12)15(20)19-14-11(18)8-7-10(16)13(14)17/h3-8H,2,18H2,1H3,(H,19,20). The summed E-state index contributed by atoms with van der Waals surface area (Å²) in [5.74, 6) is -2.56. The van der Waals surface area contributed by atoms with Gasteiger partial charge < -0.3 is 15.8 Å². The van der Waals surface area contributed by atoms with Crippen molar-refractivity contribution in [1.29, 1.82) is 0 Å². The van der Waals surface area contributed by atoms with Crippen LogP contribution in [0.1, 0.15) is 17.3 Å². The van der Waals surface area contributed by atoms with Gasteiger partial charge in [0.05, 0.1) is 17.9 Å². The molecule has 1 amide bonds. The number of ether oxygens (including phenoxy) is 1. The molecule has 0 heterocycles. The van der Waals surface area contributed by atoms with Gasteiger partial charge in [-0.15, -0.1) is 0 Å². The van der Waals surface area contributed by atoms with Crippen LogP contribution in [0.25, 0.3) is 0 Å². The molecule has 0 fully saturated rings. The number of hydrogen-bond acceptors (Lipinski definition) is 3. The molecule has 2 rings (SSSR count). The van der Waals surface area contributed by atoms with Gasteiger partial charge in [0.1, 0.15) is 11.4 Å². The fraction of sp³-hybridized carbons (Fsp3) is 0.133. The van der Waals surface area contributed by atoms with Crippen LogP contribution in [0.4, 0.5) is 20.2 Å². The lowest BCUT2D eigenvalue weighted by atomic mass is 10.1. The highest BCUT2D eigenvalue weighted by Gasteiger charge is 2.17. The Labute approximate surface area is 120 Å². The van der Waals surface area contributed by atoms with Crippen molar-refractivity contribution in [2.24, 2.45) is 0 Å². The number of benzene rings is 2. The predicted molar refractivity (Wildman–Crippen MR) is 76.3 cm³/mol. The average Bonchev–Trinajstić information content (AvgIpc) is 2.48. The van der Waals surface area contributed by atoms with Crippen LogP contribution in [0.3, 0.4) is 0 Å². The fourth-order valence-electron chi connectivity index (χ4n) is 1.81. The Morgan fingerprint density at radius 2 is 1.95 bits per heavy atom. The summed E-state index contributed by atoms with van der Waals surface area (Å²) in [5, 5.41) is 2.28. The van der Waals surface area contributed by atoms with Gasteiger partial charge in [0.15, 0.2) is 11.6 Å². The van der Waals surface area contributed by atoms with Gasteiger partial charge in [-0.25, -0.2) is 8.78 Å². The molecule has 0 aromatic heterocycles. The van der Waals surface area contributed by atoms with Crippen LogP contribution in [-0.2, 0) is 0 Å². The van der Waals surface area contributed by atoms with Crippen LogP contribution in [0, 0.1) is 11.6 Å². The lowest BCUT2D eigenvalue weighted by Gasteiger charge is -2.12. The van der Waals surface area contributed by atoms with E-state index in [0.717, 1.165) is 6.07 Å². The van der Waals surface area contributed by atoms with Gasteiger partial charge in [-0.2, -0.15) is 0 Å². The predicted octanol–water partition coefficient (Wildman–Crippen LogP) is 3.20. The molecule has 0 atom stereocenters. The van der Waals surface area contributed by atoms with E-state index < -0.39 is 17.5 Å². The first-order chi connectivity index (χ1) is 10.0. The Bertz CT molecular complexity index is 675. The van der Waals surface area contributed by atoms with Crippen LogP contribution in [0.15, 0.2) is 36.4 Å². The maximum atomic E-state index is 13.7. The molecule has 0 aliphatic carbocycles. The summed E-state index contributed by atoms with van der Waals surface area (Å²) in [6, 6.07) is 8.57. The number of para-hydroxylation sites is 1. The number of carbonyl (C=O) groups excluding carboxylic acids is 1. The first-order valence-electron chi connectivity index (χ1n) is 6.31. The molecule has 0 spiro atoms. The van der Waals surface area contributed by atoms with Crippen molar-refractivity contribution < 1.29 is 18.3 Å². The highest BCUT2D eigenvalue weighted by molar-refractivity contribution is 6.07. The van der Waals surface area contributed by atoms with Crippen LogP contribution in [0.5, 0.6) is 5.75 Å². The quantitative estimate of drug-likeness (QED) is 0.851. The highest BCUT2D eigenvalue weighted by Crippen LogP contribution is 2.26. The Morgan fingerprint density at radius 1 is 1.24 bits per heavy atom. The molecule has 0 unspecified atom stereocenters. The molecular weight excluding hydrogens is 278 g/mol. The summed E-state index contributed by atoms with van der Waals surface area (Å²) in [7, 11) is 0. The summed E-state index contributed by atoms with van der Waals surface area (Å²) in [6.45, 7) is 2.15. The van der Waals surface area contributed by atoms with Crippen molar-refractivity contribution >= 4 is 17.3 Å². The number of rotatable bonds is 4. The lowest BCUT2D eigenvalue weighted by molar-refractivity contribution is 0.102. The average molecular weight is 292 g/mol. The van der Waals surface area contributed by atoms with E-state index in [-0.39, 0.29) is 16.9 Å². The van der Waals surface area contributed by atoms with Crippen molar-refractivity contribution in [1.82, 2.24) is 0 Å². The summed E-state index contributed by atoms with van der Waals surface area (Å²) >= 11 is 0. The molecule has 21 heavy (non-hydrogen) atoms. The second-order valence-corrected chi connectivity index (χ2v) is 4.21. The maximum Gasteiger partial charge on any atom is 0.259 e. The summed E-state index contributed by atoms with van der Waals surface area (Å²) < 4.78 is 32.2. The van der Waals surface area contributed by atoms with Crippen molar-refractivity contribution in [3.05, 3.63) is 53.6 Å². The Kier molecular flexibility index (Phi) is 4.37. The van der Waals surface area contributed by atoms with Gasteiger partial charge in [-0.1, -0.05) is 12.1 Å². The molecular formula is C15H14F2N2O2. The van der Waals surface area contributed by atoms with Crippen LogP contribution < -0.4 is 15.8 Å². The van der Waals surface area contributed by atoms with Gasteiger partial charge >= 0.3 is 0 Å². The molecule has 110 valence electrons. The molecule has 4 nitrogen and oxygen atoms in total. The molecule has 0 bridgehead atoms. The second kappa shape index (κ2) is 6.21. The third kappa shape index (κ3) is 3.10. The molecule has 6 heteroatoms. The fourth-order valence-corrected chi connectivity index (χ4v) is 1.81. The molecule has 0 saturated heterocycles. The smallest absolute Gasteiger partial charge is 0.259 e. The Balaban J connectivity index is 2.33. The summed E-state index contributed by atoms with van der Waals surface area (Å²) in [5.41, 5.74) is 5.33. The van der Waals surface area contributed by atoms with E-state index >= 15 is 0 Å². The maximum absolute atomic E-state index is 13.7. The van der Waals surface area contributed by atoms with Crippen molar-refractivity contribution in [3.8, 4) is 5.75 Å². The largest absolute Gasteiger partial charge is 0.493 e. The number of halogens is 2. The second-order valence-electron chi connectivity index (χ2n) is 4.21. The summed E-state index contributed by atoms with van der Waals surface area (Å²) in [4.78, 5) is 12.2. The van der Waals surface area contributed by atoms with Gasteiger partial charge in [0, 0.05) is 0 Å². The van der Waals surface area contributed by atoms with Gasteiger partial charge in [0.2, 0.25) is 0 Å². The normalized spacial score (nSPS) is 10.2. The number of nitrogen functional groups attached to an aromatic ring is 1. The minimum Gasteiger partial charge on any atom is -0.493 e. The molecule has 3 N–H and O–H groups in total. The number of amides is 1. The third-order valence-corrected chi connectivity index (χ3v) is 2.80. The van der Waals surface area contributed by atoms with E-state index in [2.05, 4.69) is 5.32 Å². The minimum atomic E-state index is -1.20. The van der Waals surface area contributed by atoms with Gasteiger partial charge in [-0.3, -0.25) is 4.79 Å². The first-order valence-corrected chi connectivity index (χ1v) is 6.31. The monoisotopic (exact) mass is 292 g/mol. The van der Waals surface area contributed by atoms with Crippen molar-refractivity contribution in [2.75, 3.05) is 17.7 Å². The topological polar surface area (TPSA) is 64.3 Å².